The van der Waals surface area contributed by atoms with Crippen LogP contribution in [0.1, 0.15) is 137 Å². The van der Waals surface area contributed by atoms with Crippen LogP contribution >= 0.6 is 0 Å². The lowest BCUT2D eigenvalue weighted by molar-refractivity contribution is -0.304. The summed E-state index contributed by atoms with van der Waals surface area (Å²) in [6, 6.07) is 0.0422. The fourth-order valence-corrected chi connectivity index (χ4v) is 5.74. The van der Waals surface area contributed by atoms with E-state index in [1.54, 1.807) is 13.8 Å². The molecule has 1 atom stereocenters. The van der Waals surface area contributed by atoms with Crippen LogP contribution in [-0.4, -0.2) is 73.5 Å². The SMILES string of the molecule is CCCCCCCCC=CCCCCCCCNC(=O)N1CCC(NC(=O)CCNC(=O)C2OC(C)(C)OCC2(C)C)CC1. The summed E-state index contributed by atoms with van der Waals surface area (Å²) in [5, 5.41) is 8.97. The Bertz CT molecular complexity index is 867. The predicted octanol–water partition coefficient (Wildman–Crippen LogP) is 6.61. The third-order valence-electron chi connectivity index (χ3n) is 8.65. The van der Waals surface area contributed by atoms with Crippen LogP contribution < -0.4 is 16.0 Å². The predicted molar refractivity (Wildman–Crippen MR) is 177 cm³/mol. The Kier molecular flexibility index (Phi) is 18.0. The van der Waals surface area contributed by atoms with Crippen LogP contribution in [0.2, 0.25) is 0 Å². The number of carbonyl (C=O) groups excluding carboxylic acids is 3. The van der Waals surface area contributed by atoms with E-state index in [1.807, 2.05) is 18.7 Å². The van der Waals surface area contributed by atoms with Gasteiger partial charge in [0.15, 0.2) is 5.79 Å². The zero-order chi connectivity index (χ0) is 32.3. The van der Waals surface area contributed by atoms with Gasteiger partial charge in [-0.25, -0.2) is 4.79 Å². The molecule has 2 saturated heterocycles. The third kappa shape index (κ3) is 15.7. The lowest BCUT2D eigenvalue weighted by Gasteiger charge is -2.44. The van der Waals surface area contributed by atoms with Gasteiger partial charge in [-0.05, 0) is 58.8 Å². The molecule has 0 aromatic carbocycles. The number of likely N-dealkylation sites (tertiary alicyclic amines) is 1. The van der Waals surface area contributed by atoms with E-state index in [0.717, 1.165) is 25.7 Å². The lowest BCUT2D eigenvalue weighted by atomic mass is 9.85. The molecule has 0 aromatic heterocycles. The molecule has 3 N–H and O–H groups in total. The van der Waals surface area contributed by atoms with Gasteiger partial charge in [-0.2, -0.15) is 0 Å². The van der Waals surface area contributed by atoms with Gasteiger partial charge < -0.3 is 30.3 Å². The van der Waals surface area contributed by atoms with Crippen molar-refractivity contribution in [3.63, 3.8) is 0 Å². The smallest absolute Gasteiger partial charge is 0.317 e. The molecule has 2 rings (SSSR count). The second-order valence-corrected chi connectivity index (χ2v) is 13.9. The van der Waals surface area contributed by atoms with Crippen LogP contribution in [-0.2, 0) is 19.1 Å². The van der Waals surface area contributed by atoms with Crippen molar-refractivity contribution in [3.05, 3.63) is 12.2 Å². The number of ether oxygens (including phenoxy) is 2. The summed E-state index contributed by atoms with van der Waals surface area (Å²) in [4.78, 5) is 39.6. The second kappa shape index (κ2) is 20.8. The quantitative estimate of drug-likeness (QED) is 0.105. The summed E-state index contributed by atoms with van der Waals surface area (Å²) in [7, 11) is 0. The first kappa shape index (κ1) is 38.1. The van der Waals surface area contributed by atoms with Crippen molar-refractivity contribution in [3.8, 4) is 0 Å². The molecule has 0 spiro atoms. The molecule has 0 aliphatic carbocycles. The monoisotopic (exact) mass is 620 g/mol. The van der Waals surface area contributed by atoms with E-state index in [2.05, 4.69) is 35.0 Å². The number of allylic oxidation sites excluding steroid dienone is 2. The molecule has 9 heteroatoms. The Hall–Kier alpha value is -2.13. The number of amides is 4. The van der Waals surface area contributed by atoms with Gasteiger partial charge in [-0.1, -0.05) is 84.3 Å². The molecule has 254 valence electrons. The Morgan fingerprint density at radius 1 is 0.795 bits per heavy atom. The van der Waals surface area contributed by atoms with Crippen molar-refractivity contribution < 1.29 is 23.9 Å². The molecule has 0 bridgehead atoms. The fraction of sp³-hybridized carbons (Fsp3) is 0.857. The van der Waals surface area contributed by atoms with Gasteiger partial charge in [-0.15, -0.1) is 0 Å². The average Bonchev–Trinajstić information content (AvgIpc) is 2.98. The first-order chi connectivity index (χ1) is 21.0. The van der Waals surface area contributed by atoms with Gasteiger partial charge >= 0.3 is 6.03 Å². The Morgan fingerprint density at radius 2 is 1.39 bits per heavy atom. The molecule has 2 aliphatic rings. The number of rotatable bonds is 20. The molecule has 0 saturated carbocycles. The van der Waals surface area contributed by atoms with Gasteiger partial charge in [-0.3, -0.25) is 9.59 Å². The molecular weight excluding hydrogens is 556 g/mol. The van der Waals surface area contributed by atoms with E-state index >= 15 is 0 Å². The fourth-order valence-electron chi connectivity index (χ4n) is 5.74. The maximum atomic E-state index is 12.7. The van der Waals surface area contributed by atoms with Gasteiger partial charge in [0.05, 0.1) is 6.61 Å². The highest BCUT2D eigenvalue weighted by Gasteiger charge is 2.45. The van der Waals surface area contributed by atoms with Crippen LogP contribution in [0.5, 0.6) is 0 Å². The van der Waals surface area contributed by atoms with Crippen molar-refractivity contribution in [1.29, 1.82) is 0 Å². The van der Waals surface area contributed by atoms with Gasteiger partial charge in [0, 0.05) is 44.1 Å². The summed E-state index contributed by atoms with van der Waals surface area (Å²) in [6.07, 6.45) is 22.2. The van der Waals surface area contributed by atoms with E-state index in [9.17, 15) is 14.4 Å². The number of urea groups is 1. The Balaban J connectivity index is 1.45. The molecule has 4 amide bonds. The highest BCUT2D eigenvalue weighted by Crippen LogP contribution is 2.34. The van der Waals surface area contributed by atoms with Crippen LogP contribution in [0.4, 0.5) is 4.79 Å². The number of piperidine rings is 1. The molecule has 2 heterocycles. The highest BCUT2D eigenvalue weighted by molar-refractivity contribution is 5.83. The molecule has 0 aromatic rings. The van der Waals surface area contributed by atoms with Crippen molar-refractivity contribution >= 4 is 17.8 Å². The number of hydrogen-bond donors (Lipinski definition) is 3. The second-order valence-electron chi connectivity index (χ2n) is 13.9. The maximum absolute atomic E-state index is 12.7. The normalized spacial score (nSPS) is 20.0. The summed E-state index contributed by atoms with van der Waals surface area (Å²) in [6.45, 7) is 12.4. The summed E-state index contributed by atoms with van der Waals surface area (Å²) in [5.41, 5.74) is -0.452. The van der Waals surface area contributed by atoms with Crippen molar-refractivity contribution in [2.75, 3.05) is 32.8 Å². The zero-order valence-electron chi connectivity index (χ0n) is 28.6. The van der Waals surface area contributed by atoms with E-state index in [0.29, 0.717) is 26.2 Å². The van der Waals surface area contributed by atoms with Gasteiger partial charge in [0.1, 0.15) is 6.10 Å². The van der Waals surface area contributed by atoms with Crippen molar-refractivity contribution in [2.24, 2.45) is 5.41 Å². The summed E-state index contributed by atoms with van der Waals surface area (Å²) in [5.74, 6) is -1.13. The minimum atomic E-state index is -0.815. The first-order valence-corrected chi connectivity index (χ1v) is 17.6. The Morgan fingerprint density at radius 3 is 2.02 bits per heavy atom. The highest BCUT2D eigenvalue weighted by atomic mass is 16.7. The molecule has 2 aliphatic heterocycles. The topological polar surface area (TPSA) is 109 Å². The zero-order valence-corrected chi connectivity index (χ0v) is 28.6. The van der Waals surface area contributed by atoms with Crippen LogP contribution in [0.15, 0.2) is 12.2 Å². The van der Waals surface area contributed by atoms with Crippen LogP contribution in [0.3, 0.4) is 0 Å². The maximum Gasteiger partial charge on any atom is 0.317 e. The largest absolute Gasteiger partial charge is 0.353 e. The third-order valence-corrected chi connectivity index (χ3v) is 8.65. The van der Waals surface area contributed by atoms with E-state index < -0.39 is 17.3 Å². The molecule has 2 fully saturated rings. The van der Waals surface area contributed by atoms with E-state index in [1.165, 1.54) is 70.6 Å². The van der Waals surface area contributed by atoms with Crippen molar-refractivity contribution in [2.45, 2.75) is 155 Å². The number of hydrogen-bond acceptors (Lipinski definition) is 5. The summed E-state index contributed by atoms with van der Waals surface area (Å²) < 4.78 is 11.5. The standard InChI is InChI=1S/C35H64N4O5/c1-6-7-8-9-10-11-12-13-14-15-16-17-18-19-20-24-37-33(42)39-26-22-29(23-27-39)38-30(40)21-25-36-32(41)31-34(2,3)28-43-35(4,5)44-31/h13-14,29,31H,6-12,15-28H2,1-5H3,(H,36,41)(H,37,42)(H,38,40). The lowest BCUT2D eigenvalue weighted by Crippen LogP contribution is -2.56. The average molecular weight is 621 g/mol. The molecular formula is C35H64N4O5. The van der Waals surface area contributed by atoms with Crippen molar-refractivity contribution in [1.82, 2.24) is 20.9 Å². The van der Waals surface area contributed by atoms with Crippen LogP contribution in [0, 0.1) is 5.41 Å². The number of nitrogens with zero attached hydrogens (tertiary/aromatic N) is 1. The molecule has 0 radical (unpaired) electrons. The minimum Gasteiger partial charge on any atom is -0.353 e. The van der Waals surface area contributed by atoms with E-state index in [-0.39, 0.29) is 36.9 Å². The van der Waals surface area contributed by atoms with Crippen LogP contribution in [0.25, 0.3) is 0 Å². The first-order valence-electron chi connectivity index (χ1n) is 17.6. The summed E-state index contributed by atoms with van der Waals surface area (Å²) >= 11 is 0. The van der Waals surface area contributed by atoms with Gasteiger partial charge in [0.25, 0.3) is 0 Å². The molecule has 44 heavy (non-hydrogen) atoms. The Labute approximate surface area is 268 Å². The molecule has 9 nitrogen and oxygen atoms in total. The van der Waals surface area contributed by atoms with Gasteiger partial charge in [0.2, 0.25) is 11.8 Å². The van der Waals surface area contributed by atoms with E-state index in [4.69, 9.17) is 9.47 Å². The molecule has 1 unspecified atom stereocenters. The number of nitrogens with one attached hydrogen (secondary N) is 3. The minimum absolute atomic E-state index is 0.00516. The number of unbranched alkanes of at least 4 members (excludes halogenated alkanes) is 11. The number of carbonyl (C=O) groups is 3.